The summed E-state index contributed by atoms with van der Waals surface area (Å²) >= 11 is 1.44. The molecule has 0 bridgehead atoms. The van der Waals surface area contributed by atoms with Crippen LogP contribution in [0.2, 0.25) is 0 Å². The van der Waals surface area contributed by atoms with Gasteiger partial charge in [0.05, 0.1) is 12.7 Å². The van der Waals surface area contributed by atoms with Crippen molar-refractivity contribution in [3.8, 4) is 11.8 Å². The summed E-state index contributed by atoms with van der Waals surface area (Å²) in [6.45, 7) is 0. The lowest BCUT2D eigenvalue weighted by atomic mass is 9.96. The Bertz CT molecular complexity index is 1110. The molecule has 6 heteroatoms. The zero-order valence-electron chi connectivity index (χ0n) is 14.4. The van der Waals surface area contributed by atoms with Crippen LogP contribution in [0, 0.1) is 28.8 Å². The first-order chi connectivity index (χ1) is 13.0. The molecule has 1 atom stereocenters. The van der Waals surface area contributed by atoms with Gasteiger partial charge in [-0.15, -0.1) is 11.8 Å². The monoisotopic (exact) mass is 385 g/mol. The van der Waals surface area contributed by atoms with Gasteiger partial charge in [-0.1, -0.05) is 6.07 Å². The van der Waals surface area contributed by atoms with Gasteiger partial charge in [0.1, 0.15) is 17.6 Å². The minimum Gasteiger partial charge on any atom is -0.495 e. The van der Waals surface area contributed by atoms with Gasteiger partial charge in [-0.3, -0.25) is 0 Å². The Labute approximate surface area is 158 Å². The molecule has 0 amide bonds. The molecule has 136 valence electrons. The topological polar surface area (TPSA) is 33.0 Å². The van der Waals surface area contributed by atoms with Crippen molar-refractivity contribution < 1.29 is 17.9 Å². The highest BCUT2D eigenvalue weighted by molar-refractivity contribution is 7.99. The first-order valence-electron chi connectivity index (χ1n) is 8.36. The Morgan fingerprint density at radius 1 is 1.07 bits per heavy atom. The summed E-state index contributed by atoms with van der Waals surface area (Å²) in [4.78, 5) is 0.967. The quantitative estimate of drug-likeness (QED) is 0.514. The van der Waals surface area contributed by atoms with Crippen LogP contribution in [0.4, 0.5) is 13.2 Å². The maximum atomic E-state index is 14.2. The van der Waals surface area contributed by atoms with Crippen molar-refractivity contribution in [1.82, 2.24) is 0 Å². The van der Waals surface area contributed by atoms with E-state index in [1.807, 2.05) is 18.2 Å². The summed E-state index contributed by atoms with van der Waals surface area (Å²) in [6, 6.07) is 11.2. The number of hydrogen-bond acceptors (Lipinski definition) is 3. The van der Waals surface area contributed by atoms with Gasteiger partial charge in [0.15, 0.2) is 11.6 Å². The molecule has 0 aliphatic carbocycles. The molecule has 3 aromatic rings. The van der Waals surface area contributed by atoms with Crippen molar-refractivity contribution in [1.29, 1.82) is 5.26 Å². The van der Waals surface area contributed by atoms with Crippen molar-refractivity contribution in [2.75, 3.05) is 7.11 Å². The van der Waals surface area contributed by atoms with E-state index in [1.165, 1.54) is 18.9 Å². The number of thioether (sulfide) groups is 1. The van der Waals surface area contributed by atoms with E-state index in [0.29, 0.717) is 30.2 Å². The number of fused-ring (bicyclic) bond motifs is 3. The molecule has 0 aromatic heterocycles. The summed E-state index contributed by atoms with van der Waals surface area (Å²) in [5, 5.41) is 10.9. The van der Waals surface area contributed by atoms with E-state index in [9.17, 15) is 18.4 Å². The molecule has 3 aromatic carbocycles. The van der Waals surface area contributed by atoms with E-state index in [1.54, 1.807) is 6.07 Å². The molecular formula is C21H14F3NOS. The molecule has 1 heterocycles. The number of ether oxygens (including phenoxy) is 1. The van der Waals surface area contributed by atoms with Crippen molar-refractivity contribution in [3.05, 3.63) is 70.5 Å². The molecule has 0 saturated carbocycles. The van der Waals surface area contributed by atoms with Crippen molar-refractivity contribution in [2.45, 2.75) is 23.0 Å². The van der Waals surface area contributed by atoms with Crippen molar-refractivity contribution in [3.63, 3.8) is 0 Å². The van der Waals surface area contributed by atoms with Crippen LogP contribution in [0.3, 0.4) is 0 Å². The third-order valence-corrected chi connectivity index (χ3v) is 6.25. The standard InChI is InChI=1S/C21H14F3NOS/c1-26-19-8-14-11(6-12(19)10-25)2-4-20-13(14)3-5-21(27-20)15-7-17(23)18(24)9-16(15)22/h2,4,6-9,21H,3,5H2,1H3. The zero-order chi connectivity index (χ0) is 19.1. The van der Waals surface area contributed by atoms with Gasteiger partial charge in [-0.25, -0.2) is 13.2 Å². The van der Waals surface area contributed by atoms with Crippen LogP contribution in [0.25, 0.3) is 10.8 Å². The zero-order valence-corrected chi connectivity index (χ0v) is 15.2. The van der Waals surface area contributed by atoms with Crippen LogP contribution in [-0.2, 0) is 6.42 Å². The van der Waals surface area contributed by atoms with E-state index < -0.39 is 17.5 Å². The molecule has 0 spiro atoms. The largest absolute Gasteiger partial charge is 0.495 e. The molecule has 0 fully saturated rings. The van der Waals surface area contributed by atoms with Gasteiger partial charge in [0.2, 0.25) is 0 Å². The number of nitriles is 1. The fourth-order valence-electron chi connectivity index (χ4n) is 3.51. The lowest BCUT2D eigenvalue weighted by Crippen LogP contribution is -2.08. The average molecular weight is 385 g/mol. The number of rotatable bonds is 2. The van der Waals surface area contributed by atoms with Crippen LogP contribution in [0.1, 0.15) is 28.4 Å². The van der Waals surface area contributed by atoms with Crippen LogP contribution < -0.4 is 4.74 Å². The second kappa shape index (κ2) is 6.82. The molecule has 0 N–H and O–H groups in total. The summed E-state index contributed by atoms with van der Waals surface area (Å²) in [5.41, 5.74) is 1.75. The SMILES string of the molecule is COc1cc2c3c(ccc2cc1C#N)SC(c1cc(F)c(F)cc1F)CC3. The average Bonchev–Trinajstić information content (AvgIpc) is 2.69. The summed E-state index contributed by atoms with van der Waals surface area (Å²) < 4.78 is 46.3. The Balaban J connectivity index is 1.77. The lowest BCUT2D eigenvalue weighted by Gasteiger charge is -2.26. The van der Waals surface area contributed by atoms with Crippen molar-refractivity contribution in [2.24, 2.45) is 0 Å². The Morgan fingerprint density at radius 3 is 2.59 bits per heavy atom. The number of nitrogens with zero attached hydrogens (tertiary/aromatic N) is 1. The van der Waals surface area contributed by atoms with Gasteiger partial charge in [-0.05, 0) is 53.4 Å². The van der Waals surface area contributed by atoms with E-state index in [4.69, 9.17) is 4.74 Å². The first-order valence-corrected chi connectivity index (χ1v) is 9.24. The van der Waals surface area contributed by atoms with E-state index in [0.717, 1.165) is 27.3 Å². The van der Waals surface area contributed by atoms with Gasteiger partial charge >= 0.3 is 0 Å². The summed E-state index contributed by atoms with van der Waals surface area (Å²) in [7, 11) is 1.52. The van der Waals surface area contributed by atoms with Crippen LogP contribution >= 0.6 is 11.8 Å². The van der Waals surface area contributed by atoms with Crippen LogP contribution in [0.5, 0.6) is 5.75 Å². The van der Waals surface area contributed by atoms with Gasteiger partial charge in [0, 0.05) is 21.8 Å². The number of halogens is 3. The predicted octanol–water partition coefficient (Wildman–Crippen LogP) is 5.92. The minimum absolute atomic E-state index is 0.182. The van der Waals surface area contributed by atoms with Gasteiger partial charge in [-0.2, -0.15) is 5.26 Å². The minimum atomic E-state index is -1.18. The molecule has 1 aliphatic rings. The van der Waals surface area contributed by atoms with E-state index in [2.05, 4.69) is 6.07 Å². The van der Waals surface area contributed by atoms with E-state index in [-0.39, 0.29) is 10.8 Å². The highest BCUT2D eigenvalue weighted by Crippen LogP contribution is 2.47. The van der Waals surface area contributed by atoms with Crippen molar-refractivity contribution >= 4 is 22.5 Å². The molecule has 0 saturated heterocycles. The fraction of sp³-hybridized carbons (Fsp3) is 0.190. The lowest BCUT2D eigenvalue weighted by molar-refractivity contribution is 0.414. The van der Waals surface area contributed by atoms with Crippen LogP contribution in [0.15, 0.2) is 41.3 Å². The summed E-state index contributed by atoms with van der Waals surface area (Å²) in [6.07, 6.45) is 1.26. The molecule has 4 rings (SSSR count). The summed E-state index contributed by atoms with van der Waals surface area (Å²) in [5.74, 6) is -2.43. The number of benzene rings is 3. The molecule has 2 nitrogen and oxygen atoms in total. The van der Waals surface area contributed by atoms with Gasteiger partial charge < -0.3 is 4.74 Å². The number of hydrogen-bond donors (Lipinski definition) is 0. The smallest absolute Gasteiger partial charge is 0.161 e. The Morgan fingerprint density at radius 2 is 1.85 bits per heavy atom. The molecule has 1 aliphatic heterocycles. The second-order valence-electron chi connectivity index (χ2n) is 6.36. The molecular weight excluding hydrogens is 371 g/mol. The molecule has 1 unspecified atom stereocenters. The maximum absolute atomic E-state index is 14.2. The third-order valence-electron chi connectivity index (χ3n) is 4.84. The van der Waals surface area contributed by atoms with Gasteiger partial charge in [0.25, 0.3) is 0 Å². The maximum Gasteiger partial charge on any atom is 0.161 e. The highest BCUT2D eigenvalue weighted by atomic mass is 32.2. The Hall–Kier alpha value is -2.65. The number of methoxy groups -OCH3 is 1. The predicted molar refractivity (Wildman–Crippen MR) is 98.5 cm³/mol. The normalized spacial score (nSPS) is 16.0. The molecule has 27 heavy (non-hydrogen) atoms. The van der Waals surface area contributed by atoms with E-state index >= 15 is 0 Å². The fourth-order valence-corrected chi connectivity index (χ4v) is 4.86. The third kappa shape index (κ3) is 3.02. The molecule has 0 radical (unpaired) electrons. The highest BCUT2D eigenvalue weighted by Gasteiger charge is 2.26. The Kier molecular flexibility index (Phi) is 4.48. The first kappa shape index (κ1) is 17.7. The number of aryl methyl sites for hydroxylation is 1. The second-order valence-corrected chi connectivity index (χ2v) is 7.61. The van der Waals surface area contributed by atoms with Crippen LogP contribution in [-0.4, -0.2) is 7.11 Å².